The number of rotatable bonds is 4. The molecule has 3 nitrogen and oxygen atoms in total. The van der Waals surface area contributed by atoms with Gasteiger partial charge in [0.25, 0.3) is 0 Å². The first-order chi connectivity index (χ1) is 10.2. The average molecular weight is 306 g/mol. The Balaban J connectivity index is 1.69. The molecule has 1 aromatic rings. The van der Waals surface area contributed by atoms with Gasteiger partial charge in [0.15, 0.2) is 0 Å². The van der Waals surface area contributed by atoms with Crippen molar-refractivity contribution in [1.29, 1.82) is 0 Å². The average Bonchev–Trinajstić information content (AvgIpc) is 3.06. The van der Waals surface area contributed by atoms with Gasteiger partial charge in [-0.3, -0.25) is 10.1 Å². The summed E-state index contributed by atoms with van der Waals surface area (Å²) in [4.78, 5) is 17.1. The first kappa shape index (κ1) is 15.0. The monoisotopic (exact) mass is 306 g/mol. The third-order valence-electron chi connectivity index (χ3n) is 4.95. The number of aryl methyl sites for hydroxylation is 1. The van der Waals surface area contributed by atoms with E-state index in [0.29, 0.717) is 12.6 Å². The quantitative estimate of drug-likeness (QED) is 0.916. The lowest BCUT2D eigenvalue weighted by Crippen LogP contribution is -2.41. The summed E-state index contributed by atoms with van der Waals surface area (Å²) in [5, 5.41) is 3.41. The molecule has 2 aliphatic rings. The van der Waals surface area contributed by atoms with Crippen molar-refractivity contribution in [1.82, 2.24) is 10.2 Å². The van der Waals surface area contributed by atoms with Crippen molar-refractivity contribution in [3.05, 3.63) is 21.9 Å². The van der Waals surface area contributed by atoms with E-state index in [2.05, 4.69) is 36.2 Å². The Labute approximate surface area is 131 Å². The summed E-state index contributed by atoms with van der Waals surface area (Å²) in [6.45, 7) is 4.90. The van der Waals surface area contributed by atoms with E-state index in [1.165, 1.54) is 48.3 Å². The van der Waals surface area contributed by atoms with Crippen LogP contribution in [0.3, 0.4) is 0 Å². The molecule has 2 fully saturated rings. The van der Waals surface area contributed by atoms with Crippen LogP contribution in [0, 0.1) is 12.8 Å². The second kappa shape index (κ2) is 6.49. The van der Waals surface area contributed by atoms with Crippen LogP contribution in [0.15, 0.2) is 12.1 Å². The van der Waals surface area contributed by atoms with Crippen LogP contribution in [-0.2, 0) is 4.79 Å². The third kappa shape index (κ3) is 3.16. The van der Waals surface area contributed by atoms with Crippen molar-refractivity contribution in [2.24, 2.45) is 5.92 Å². The van der Waals surface area contributed by atoms with Crippen LogP contribution in [-0.4, -0.2) is 23.4 Å². The number of nitrogens with one attached hydrogen (secondary N) is 1. The summed E-state index contributed by atoms with van der Waals surface area (Å²) in [6.07, 6.45) is 7.70. The highest BCUT2D eigenvalue weighted by Gasteiger charge is 2.38. The molecule has 0 spiro atoms. The van der Waals surface area contributed by atoms with Crippen molar-refractivity contribution < 1.29 is 4.79 Å². The lowest BCUT2D eigenvalue weighted by Gasteiger charge is -2.37. The predicted molar refractivity (Wildman–Crippen MR) is 87.3 cm³/mol. The predicted octanol–water partition coefficient (Wildman–Crippen LogP) is 3.85. The number of hydrogen-bond acceptors (Lipinski definition) is 3. The van der Waals surface area contributed by atoms with Gasteiger partial charge in [0.2, 0.25) is 5.91 Å². The molecule has 0 bridgehead atoms. The summed E-state index contributed by atoms with van der Waals surface area (Å²) < 4.78 is 0. The van der Waals surface area contributed by atoms with Gasteiger partial charge in [-0.05, 0) is 50.7 Å². The second-order valence-corrected chi connectivity index (χ2v) is 7.82. The highest BCUT2D eigenvalue weighted by molar-refractivity contribution is 7.12. The molecule has 1 aliphatic heterocycles. The Hall–Kier alpha value is -0.870. The number of hydrogen-bond donors (Lipinski definition) is 1. The first-order valence-corrected chi connectivity index (χ1v) is 9.11. The van der Waals surface area contributed by atoms with Gasteiger partial charge >= 0.3 is 0 Å². The molecule has 1 aliphatic carbocycles. The van der Waals surface area contributed by atoms with E-state index >= 15 is 0 Å². The van der Waals surface area contributed by atoms with Crippen molar-refractivity contribution in [3.63, 3.8) is 0 Å². The van der Waals surface area contributed by atoms with E-state index in [4.69, 9.17) is 0 Å². The van der Waals surface area contributed by atoms with Gasteiger partial charge < -0.3 is 4.90 Å². The lowest BCUT2D eigenvalue weighted by molar-refractivity contribution is -0.131. The standard InChI is InChI=1S/C17H26N2OS/c1-3-4-13-6-8-14(9-7-13)19-16(20)11-18-17(19)15-10-5-12(2)21-15/h5,10,13-14,17-18H,3-4,6-9,11H2,1-2H3. The summed E-state index contributed by atoms with van der Waals surface area (Å²) in [7, 11) is 0. The Kier molecular flexibility index (Phi) is 4.65. The minimum atomic E-state index is 0.115. The van der Waals surface area contributed by atoms with Crippen LogP contribution in [0.4, 0.5) is 0 Å². The van der Waals surface area contributed by atoms with Gasteiger partial charge in [0.05, 0.1) is 6.54 Å². The van der Waals surface area contributed by atoms with E-state index in [1.54, 1.807) is 0 Å². The Morgan fingerprint density at radius 1 is 1.29 bits per heavy atom. The Morgan fingerprint density at radius 3 is 2.67 bits per heavy atom. The van der Waals surface area contributed by atoms with Crippen molar-refractivity contribution in [3.8, 4) is 0 Å². The molecular formula is C17H26N2OS. The van der Waals surface area contributed by atoms with Gasteiger partial charge in [-0.15, -0.1) is 11.3 Å². The molecule has 1 saturated carbocycles. The fourth-order valence-corrected chi connectivity index (χ4v) is 4.84. The fraction of sp³-hybridized carbons (Fsp3) is 0.706. The van der Waals surface area contributed by atoms with Crippen LogP contribution >= 0.6 is 11.3 Å². The van der Waals surface area contributed by atoms with Crippen molar-refractivity contribution >= 4 is 17.2 Å². The van der Waals surface area contributed by atoms with E-state index in [9.17, 15) is 4.79 Å². The maximum absolute atomic E-state index is 12.3. The van der Waals surface area contributed by atoms with Gasteiger partial charge in [-0.25, -0.2) is 0 Å². The van der Waals surface area contributed by atoms with E-state index < -0.39 is 0 Å². The topological polar surface area (TPSA) is 32.3 Å². The molecule has 1 unspecified atom stereocenters. The zero-order valence-electron chi connectivity index (χ0n) is 13.1. The molecule has 0 radical (unpaired) electrons. The molecule has 1 N–H and O–H groups in total. The minimum Gasteiger partial charge on any atom is -0.318 e. The minimum absolute atomic E-state index is 0.115. The summed E-state index contributed by atoms with van der Waals surface area (Å²) >= 11 is 1.81. The van der Waals surface area contributed by atoms with Crippen LogP contribution in [0.5, 0.6) is 0 Å². The number of thiophene rings is 1. The highest BCUT2D eigenvalue weighted by atomic mass is 32.1. The Bertz CT molecular complexity index is 491. The van der Waals surface area contributed by atoms with Crippen molar-refractivity contribution in [2.45, 2.75) is 64.6 Å². The van der Waals surface area contributed by atoms with Crippen LogP contribution in [0.1, 0.15) is 61.4 Å². The molecule has 0 aromatic carbocycles. The smallest absolute Gasteiger partial charge is 0.238 e. The summed E-state index contributed by atoms with van der Waals surface area (Å²) in [6, 6.07) is 4.76. The SMILES string of the molecule is CCCC1CCC(N2C(=O)CNC2c2ccc(C)s2)CC1. The Morgan fingerprint density at radius 2 is 2.05 bits per heavy atom. The molecule has 1 saturated heterocycles. The largest absolute Gasteiger partial charge is 0.318 e. The number of carbonyl (C=O) groups is 1. The molecule has 2 heterocycles. The third-order valence-corrected chi connectivity index (χ3v) is 6.00. The number of nitrogens with zero attached hydrogens (tertiary/aromatic N) is 1. The number of amides is 1. The summed E-state index contributed by atoms with van der Waals surface area (Å²) in [5.41, 5.74) is 0. The normalized spacial score (nSPS) is 30.1. The zero-order chi connectivity index (χ0) is 14.8. The molecule has 1 atom stereocenters. The molecule has 4 heteroatoms. The van der Waals surface area contributed by atoms with Crippen LogP contribution < -0.4 is 5.32 Å². The van der Waals surface area contributed by atoms with Gasteiger partial charge in [0.1, 0.15) is 6.17 Å². The summed E-state index contributed by atoms with van der Waals surface area (Å²) in [5.74, 6) is 1.17. The van der Waals surface area contributed by atoms with Gasteiger partial charge in [0, 0.05) is 15.8 Å². The maximum Gasteiger partial charge on any atom is 0.238 e. The molecular weight excluding hydrogens is 280 g/mol. The van der Waals surface area contributed by atoms with E-state index in [0.717, 1.165) is 5.92 Å². The van der Waals surface area contributed by atoms with Crippen LogP contribution in [0.25, 0.3) is 0 Å². The van der Waals surface area contributed by atoms with Crippen molar-refractivity contribution in [2.75, 3.05) is 6.54 Å². The second-order valence-electron chi connectivity index (χ2n) is 6.50. The van der Waals surface area contributed by atoms with Crippen LogP contribution in [0.2, 0.25) is 0 Å². The van der Waals surface area contributed by atoms with E-state index in [-0.39, 0.29) is 12.1 Å². The van der Waals surface area contributed by atoms with Gasteiger partial charge in [-0.2, -0.15) is 0 Å². The molecule has 1 aromatic heterocycles. The zero-order valence-corrected chi connectivity index (χ0v) is 13.9. The number of carbonyl (C=O) groups excluding carboxylic acids is 1. The molecule has 3 rings (SSSR count). The maximum atomic E-state index is 12.3. The van der Waals surface area contributed by atoms with E-state index in [1.807, 2.05) is 11.3 Å². The molecule has 21 heavy (non-hydrogen) atoms. The highest BCUT2D eigenvalue weighted by Crippen LogP contribution is 2.36. The lowest BCUT2D eigenvalue weighted by atomic mass is 9.83. The van der Waals surface area contributed by atoms with Gasteiger partial charge in [-0.1, -0.05) is 19.8 Å². The molecule has 116 valence electrons. The molecule has 1 amide bonds. The first-order valence-electron chi connectivity index (χ1n) is 8.30. The fourth-order valence-electron chi connectivity index (χ4n) is 3.89.